The summed E-state index contributed by atoms with van der Waals surface area (Å²) in [6.45, 7) is 0.306. The average Bonchev–Trinajstić information content (AvgIpc) is 3.22. The number of rotatable bonds is 5. The monoisotopic (exact) mass is 306 g/mol. The van der Waals surface area contributed by atoms with Crippen LogP contribution in [0.1, 0.15) is 34.9 Å². The van der Waals surface area contributed by atoms with Crippen molar-refractivity contribution in [1.29, 1.82) is 0 Å². The number of aromatic nitrogens is 2. The van der Waals surface area contributed by atoms with Crippen molar-refractivity contribution in [3.05, 3.63) is 77.0 Å². The molecule has 0 N–H and O–H groups in total. The molecule has 1 aliphatic carbocycles. The van der Waals surface area contributed by atoms with E-state index in [2.05, 4.69) is 22.3 Å². The Labute approximate surface area is 135 Å². The van der Waals surface area contributed by atoms with Gasteiger partial charge in [-0.2, -0.15) is 0 Å². The van der Waals surface area contributed by atoms with Gasteiger partial charge in [0.2, 0.25) is 5.89 Å². The molecule has 0 saturated heterocycles. The quantitative estimate of drug-likeness (QED) is 0.720. The highest BCUT2D eigenvalue weighted by Crippen LogP contribution is 2.26. The summed E-state index contributed by atoms with van der Waals surface area (Å²) in [7, 11) is 0. The van der Waals surface area contributed by atoms with Crippen LogP contribution in [0.4, 0.5) is 0 Å². The molecule has 4 rings (SSSR count). The van der Waals surface area contributed by atoms with Crippen molar-refractivity contribution in [1.82, 2.24) is 10.2 Å². The van der Waals surface area contributed by atoms with E-state index in [0.29, 0.717) is 24.8 Å². The van der Waals surface area contributed by atoms with E-state index in [4.69, 9.17) is 9.15 Å². The summed E-state index contributed by atoms with van der Waals surface area (Å²) in [5.74, 6) is 1.99. The van der Waals surface area contributed by atoms with Crippen LogP contribution in [0.3, 0.4) is 0 Å². The Hall–Kier alpha value is -2.62. The largest absolute Gasteiger partial charge is 0.484 e. The maximum Gasteiger partial charge on any atom is 0.253 e. The summed E-state index contributed by atoms with van der Waals surface area (Å²) in [6, 6.07) is 16.4. The van der Waals surface area contributed by atoms with Gasteiger partial charge in [-0.05, 0) is 48.1 Å². The second kappa shape index (κ2) is 6.24. The number of nitrogens with zero attached hydrogens (tertiary/aromatic N) is 2. The minimum Gasteiger partial charge on any atom is -0.484 e. The molecule has 0 spiro atoms. The molecule has 0 saturated carbocycles. The zero-order valence-corrected chi connectivity index (χ0v) is 12.9. The molecule has 4 nitrogen and oxygen atoms in total. The Morgan fingerprint density at radius 2 is 1.74 bits per heavy atom. The second-order valence-corrected chi connectivity index (χ2v) is 5.82. The lowest BCUT2D eigenvalue weighted by Crippen LogP contribution is -1.96. The number of benzene rings is 2. The van der Waals surface area contributed by atoms with E-state index in [9.17, 15) is 0 Å². The molecule has 1 aromatic heterocycles. The third-order valence-corrected chi connectivity index (χ3v) is 4.14. The van der Waals surface area contributed by atoms with E-state index in [1.807, 2.05) is 36.4 Å². The summed E-state index contributed by atoms with van der Waals surface area (Å²) < 4.78 is 11.4. The minimum atomic E-state index is 0.306. The zero-order chi connectivity index (χ0) is 15.5. The first-order chi connectivity index (χ1) is 11.4. The van der Waals surface area contributed by atoms with Gasteiger partial charge in [-0.1, -0.05) is 36.4 Å². The Morgan fingerprint density at radius 1 is 0.913 bits per heavy atom. The number of aryl methyl sites for hydroxylation is 2. The molecule has 3 aromatic rings. The first kappa shape index (κ1) is 14.0. The van der Waals surface area contributed by atoms with Gasteiger partial charge in [0.05, 0.1) is 6.42 Å². The number of hydrogen-bond acceptors (Lipinski definition) is 4. The summed E-state index contributed by atoms with van der Waals surface area (Å²) in [5.41, 5.74) is 4.00. The topological polar surface area (TPSA) is 48.2 Å². The molecule has 23 heavy (non-hydrogen) atoms. The zero-order valence-electron chi connectivity index (χ0n) is 12.9. The highest BCUT2D eigenvalue weighted by atomic mass is 16.5. The standard InChI is InChI=1S/C19H18N2O2/c1-2-5-14(6-3-1)11-18-20-21-19(23-18)13-22-17-10-9-15-7-4-8-16(15)12-17/h1-3,5-6,9-10,12H,4,7-8,11,13H2. The molecule has 0 fully saturated rings. The number of ether oxygens (including phenoxy) is 1. The maximum absolute atomic E-state index is 5.78. The first-order valence-corrected chi connectivity index (χ1v) is 7.96. The molecule has 1 aliphatic rings. The van der Waals surface area contributed by atoms with Crippen molar-refractivity contribution in [3.63, 3.8) is 0 Å². The molecule has 0 bridgehead atoms. The van der Waals surface area contributed by atoms with Crippen molar-refractivity contribution in [2.75, 3.05) is 0 Å². The van der Waals surface area contributed by atoms with E-state index >= 15 is 0 Å². The van der Waals surface area contributed by atoms with Gasteiger partial charge in [-0.15, -0.1) is 10.2 Å². The predicted octanol–water partition coefficient (Wildman–Crippen LogP) is 3.73. The lowest BCUT2D eigenvalue weighted by molar-refractivity contribution is 0.259. The summed E-state index contributed by atoms with van der Waals surface area (Å²) in [5, 5.41) is 8.14. The number of hydrogen-bond donors (Lipinski definition) is 0. The van der Waals surface area contributed by atoms with Crippen LogP contribution in [0.5, 0.6) is 5.75 Å². The van der Waals surface area contributed by atoms with Crippen LogP contribution in [0.25, 0.3) is 0 Å². The third-order valence-electron chi connectivity index (χ3n) is 4.14. The maximum atomic E-state index is 5.78. The Morgan fingerprint density at radius 3 is 2.65 bits per heavy atom. The van der Waals surface area contributed by atoms with Crippen LogP contribution in [0.2, 0.25) is 0 Å². The van der Waals surface area contributed by atoms with Gasteiger partial charge in [0.15, 0.2) is 6.61 Å². The summed E-state index contributed by atoms with van der Waals surface area (Å²) in [6.07, 6.45) is 4.22. The highest BCUT2D eigenvalue weighted by molar-refractivity contribution is 5.38. The molecule has 0 unspecified atom stereocenters. The Kier molecular flexibility index (Phi) is 3.80. The van der Waals surface area contributed by atoms with Crippen LogP contribution in [0, 0.1) is 0 Å². The Balaban J connectivity index is 1.38. The van der Waals surface area contributed by atoms with E-state index in [-0.39, 0.29) is 0 Å². The molecule has 0 radical (unpaired) electrons. The van der Waals surface area contributed by atoms with Gasteiger partial charge in [-0.25, -0.2) is 0 Å². The Bertz CT molecular complexity index is 796. The van der Waals surface area contributed by atoms with E-state index in [0.717, 1.165) is 17.7 Å². The van der Waals surface area contributed by atoms with Crippen LogP contribution < -0.4 is 4.74 Å². The van der Waals surface area contributed by atoms with Crippen molar-refractivity contribution >= 4 is 0 Å². The number of fused-ring (bicyclic) bond motifs is 1. The van der Waals surface area contributed by atoms with Gasteiger partial charge in [0, 0.05) is 0 Å². The first-order valence-electron chi connectivity index (χ1n) is 7.96. The van der Waals surface area contributed by atoms with Crippen LogP contribution in [-0.4, -0.2) is 10.2 Å². The predicted molar refractivity (Wildman–Crippen MR) is 86.3 cm³/mol. The molecular weight excluding hydrogens is 288 g/mol. The smallest absolute Gasteiger partial charge is 0.253 e. The molecule has 4 heteroatoms. The van der Waals surface area contributed by atoms with Crippen molar-refractivity contribution in [2.45, 2.75) is 32.3 Å². The molecular formula is C19H18N2O2. The van der Waals surface area contributed by atoms with E-state index in [1.54, 1.807) is 0 Å². The van der Waals surface area contributed by atoms with Crippen LogP contribution in [0.15, 0.2) is 52.9 Å². The van der Waals surface area contributed by atoms with Gasteiger partial charge in [0.1, 0.15) is 5.75 Å². The highest BCUT2D eigenvalue weighted by Gasteiger charge is 2.12. The lowest BCUT2D eigenvalue weighted by Gasteiger charge is -2.05. The van der Waals surface area contributed by atoms with Crippen LogP contribution in [-0.2, 0) is 25.9 Å². The lowest BCUT2D eigenvalue weighted by atomic mass is 10.1. The minimum absolute atomic E-state index is 0.306. The van der Waals surface area contributed by atoms with E-state index < -0.39 is 0 Å². The van der Waals surface area contributed by atoms with Crippen LogP contribution >= 0.6 is 0 Å². The normalized spacial score (nSPS) is 13.0. The summed E-state index contributed by atoms with van der Waals surface area (Å²) in [4.78, 5) is 0. The molecule has 0 amide bonds. The van der Waals surface area contributed by atoms with Gasteiger partial charge < -0.3 is 9.15 Å². The summed E-state index contributed by atoms with van der Waals surface area (Å²) >= 11 is 0. The second-order valence-electron chi connectivity index (χ2n) is 5.82. The third kappa shape index (κ3) is 3.26. The molecule has 1 heterocycles. The van der Waals surface area contributed by atoms with Gasteiger partial charge >= 0.3 is 0 Å². The fourth-order valence-corrected chi connectivity index (χ4v) is 2.97. The SMILES string of the molecule is c1ccc(Cc2nnc(COc3ccc4c(c3)CCC4)o2)cc1. The average molecular weight is 306 g/mol. The molecule has 116 valence electrons. The fourth-order valence-electron chi connectivity index (χ4n) is 2.97. The van der Waals surface area contributed by atoms with Crippen molar-refractivity contribution < 1.29 is 9.15 Å². The molecule has 0 atom stereocenters. The van der Waals surface area contributed by atoms with E-state index in [1.165, 1.54) is 24.0 Å². The molecule has 0 aliphatic heterocycles. The van der Waals surface area contributed by atoms with Crippen molar-refractivity contribution in [3.8, 4) is 5.75 Å². The fraction of sp³-hybridized carbons (Fsp3) is 0.263. The van der Waals surface area contributed by atoms with Gasteiger partial charge in [0.25, 0.3) is 5.89 Å². The van der Waals surface area contributed by atoms with Gasteiger partial charge in [-0.3, -0.25) is 0 Å². The van der Waals surface area contributed by atoms with Crippen molar-refractivity contribution in [2.24, 2.45) is 0 Å². The molecule has 2 aromatic carbocycles.